The minimum Gasteiger partial charge on any atom is -0.383 e. The molecule has 0 spiro atoms. The van der Waals surface area contributed by atoms with Gasteiger partial charge in [0.05, 0.1) is 0 Å². The third-order valence-electron chi connectivity index (χ3n) is 3.47. The molecule has 0 aliphatic heterocycles. The van der Waals surface area contributed by atoms with Gasteiger partial charge in [-0.2, -0.15) is 0 Å². The molecule has 2 aromatic heterocycles. The number of nitrogens with zero attached hydrogens (tertiary/aromatic N) is 3. The fraction of sp³-hybridized carbons (Fsp3) is 0.235. The summed E-state index contributed by atoms with van der Waals surface area (Å²) in [4.78, 5) is 14.0. The van der Waals surface area contributed by atoms with Crippen LogP contribution in [0.25, 0.3) is 10.6 Å². The molecule has 0 saturated heterocycles. The summed E-state index contributed by atoms with van der Waals surface area (Å²) < 4.78 is 0. The number of nitrogen functional groups attached to an aromatic ring is 2. The Balaban J connectivity index is 1.69. The Morgan fingerprint density at radius 3 is 2.38 bits per heavy atom. The molecule has 1 aromatic carbocycles. The van der Waals surface area contributed by atoms with E-state index in [0.29, 0.717) is 22.7 Å². The molecule has 0 aliphatic rings. The van der Waals surface area contributed by atoms with Crippen LogP contribution in [-0.4, -0.2) is 15.0 Å². The quantitative estimate of drug-likeness (QED) is 0.526. The molecule has 3 aromatic rings. The molecule has 0 radical (unpaired) electrons. The summed E-state index contributed by atoms with van der Waals surface area (Å²) in [6.07, 6.45) is 1.90. The maximum atomic E-state index is 5.69. The van der Waals surface area contributed by atoms with Crippen molar-refractivity contribution in [2.45, 2.75) is 30.7 Å². The first-order valence-corrected chi connectivity index (χ1v) is 9.39. The summed E-state index contributed by atoms with van der Waals surface area (Å²) in [7, 11) is 0. The van der Waals surface area contributed by atoms with Crippen LogP contribution in [0.1, 0.15) is 30.2 Å². The molecule has 124 valence electrons. The van der Waals surface area contributed by atoms with E-state index in [0.717, 1.165) is 21.2 Å². The molecule has 2 heterocycles. The van der Waals surface area contributed by atoms with Gasteiger partial charge in [-0.1, -0.05) is 49.9 Å². The fourth-order valence-corrected chi connectivity index (χ4v) is 3.99. The monoisotopic (exact) mass is 357 g/mol. The first-order chi connectivity index (χ1) is 11.5. The Bertz CT molecular complexity index is 807. The van der Waals surface area contributed by atoms with Crippen molar-refractivity contribution in [1.29, 1.82) is 0 Å². The minimum atomic E-state index is 0.389. The average molecular weight is 358 g/mol. The van der Waals surface area contributed by atoms with E-state index in [1.807, 2.05) is 6.20 Å². The predicted octanol–water partition coefficient (Wildman–Crippen LogP) is 4.18. The van der Waals surface area contributed by atoms with Crippen LogP contribution in [0.5, 0.6) is 0 Å². The number of rotatable bonds is 5. The van der Waals surface area contributed by atoms with E-state index in [1.165, 1.54) is 17.3 Å². The number of aromatic nitrogens is 3. The molecule has 0 amide bonds. The van der Waals surface area contributed by atoms with Crippen molar-refractivity contribution < 1.29 is 0 Å². The lowest BCUT2D eigenvalue weighted by Crippen LogP contribution is -1.99. The van der Waals surface area contributed by atoms with E-state index in [4.69, 9.17) is 11.5 Å². The zero-order chi connectivity index (χ0) is 17.1. The molecule has 4 N–H and O–H groups in total. The highest BCUT2D eigenvalue weighted by Crippen LogP contribution is 2.30. The van der Waals surface area contributed by atoms with Crippen molar-refractivity contribution in [2.75, 3.05) is 11.5 Å². The van der Waals surface area contributed by atoms with E-state index in [9.17, 15) is 0 Å². The third-order valence-corrected chi connectivity index (χ3v) is 5.59. The van der Waals surface area contributed by atoms with Gasteiger partial charge in [-0.15, -0.1) is 11.3 Å². The van der Waals surface area contributed by atoms with Crippen LogP contribution in [0.4, 0.5) is 11.6 Å². The summed E-state index contributed by atoms with van der Waals surface area (Å²) in [5, 5.41) is 1.61. The van der Waals surface area contributed by atoms with Crippen LogP contribution in [0.3, 0.4) is 0 Å². The van der Waals surface area contributed by atoms with Gasteiger partial charge in [-0.25, -0.2) is 15.0 Å². The van der Waals surface area contributed by atoms with Crippen LogP contribution in [0, 0.1) is 0 Å². The number of hydrogen-bond donors (Lipinski definition) is 2. The lowest BCUT2D eigenvalue weighted by molar-refractivity contribution is 0.867. The molecule has 0 atom stereocenters. The van der Waals surface area contributed by atoms with Gasteiger partial charge in [0, 0.05) is 28.5 Å². The number of anilines is 2. The first-order valence-electron chi connectivity index (χ1n) is 7.59. The molecular formula is C17H19N5S2. The van der Waals surface area contributed by atoms with E-state index in [2.05, 4.69) is 53.1 Å². The SMILES string of the molecule is CC(C)c1ccc(-c2ncc(CSc3nc(N)cc(N)n3)s2)cc1. The van der Waals surface area contributed by atoms with Gasteiger partial charge in [-0.3, -0.25) is 0 Å². The topological polar surface area (TPSA) is 90.7 Å². The van der Waals surface area contributed by atoms with Gasteiger partial charge in [0.2, 0.25) is 0 Å². The van der Waals surface area contributed by atoms with Crippen molar-refractivity contribution in [3.8, 4) is 10.6 Å². The first kappa shape index (κ1) is 16.7. The normalized spacial score (nSPS) is 11.1. The van der Waals surface area contributed by atoms with Gasteiger partial charge in [-0.05, 0) is 11.5 Å². The minimum absolute atomic E-state index is 0.389. The Morgan fingerprint density at radius 2 is 1.75 bits per heavy atom. The highest BCUT2D eigenvalue weighted by molar-refractivity contribution is 7.98. The number of benzene rings is 1. The van der Waals surface area contributed by atoms with Crippen LogP contribution >= 0.6 is 23.1 Å². The zero-order valence-electron chi connectivity index (χ0n) is 13.6. The van der Waals surface area contributed by atoms with Gasteiger partial charge in [0.15, 0.2) is 5.16 Å². The second-order valence-corrected chi connectivity index (χ2v) is 7.76. The lowest BCUT2D eigenvalue weighted by Gasteiger charge is -2.05. The summed E-state index contributed by atoms with van der Waals surface area (Å²) >= 11 is 3.18. The van der Waals surface area contributed by atoms with E-state index in [-0.39, 0.29) is 0 Å². The Hall–Kier alpha value is -2.12. The summed E-state index contributed by atoms with van der Waals surface area (Å²) in [6.45, 7) is 4.39. The van der Waals surface area contributed by atoms with Crippen LogP contribution in [0.15, 0.2) is 41.7 Å². The number of hydrogen-bond acceptors (Lipinski definition) is 7. The number of thioether (sulfide) groups is 1. The molecule has 5 nitrogen and oxygen atoms in total. The summed E-state index contributed by atoms with van der Waals surface area (Å²) in [5.74, 6) is 2.05. The van der Waals surface area contributed by atoms with Crippen LogP contribution in [0.2, 0.25) is 0 Å². The Labute approximate surface area is 149 Å². The largest absolute Gasteiger partial charge is 0.383 e. The van der Waals surface area contributed by atoms with Crippen LogP contribution in [-0.2, 0) is 5.75 Å². The molecule has 0 aliphatic carbocycles. The third kappa shape index (κ3) is 4.04. The zero-order valence-corrected chi connectivity index (χ0v) is 15.2. The maximum absolute atomic E-state index is 5.69. The predicted molar refractivity (Wildman–Crippen MR) is 102 cm³/mol. The molecule has 0 bridgehead atoms. The molecule has 3 rings (SSSR count). The number of thiazole rings is 1. The Kier molecular flexibility index (Phi) is 5.01. The molecule has 24 heavy (non-hydrogen) atoms. The van der Waals surface area contributed by atoms with E-state index in [1.54, 1.807) is 17.4 Å². The van der Waals surface area contributed by atoms with Crippen molar-refractivity contribution >= 4 is 34.7 Å². The lowest BCUT2D eigenvalue weighted by atomic mass is 10.0. The van der Waals surface area contributed by atoms with Gasteiger partial charge >= 0.3 is 0 Å². The molecule has 0 fully saturated rings. The van der Waals surface area contributed by atoms with E-state index < -0.39 is 0 Å². The summed E-state index contributed by atoms with van der Waals surface area (Å²) in [6, 6.07) is 10.1. The smallest absolute Gasteiger partial charge is 0.191 e. The van der Waals surface area contributed by atoms with Crippen LogP contribution < -0.4 is 11.5 Å². The second-order valence-electron chi connectivity index (χ2n) is 5.70. The Morgan fingerprint density at radius 1 is 1.08 bits per heavy atom. The molecule has 7 heteroatoms. The molecule has 0 saturated carbocycles. The van der Waals surface area contributed by atoms with Gasteiger partial charge in [0.25, 0.3) is 0 Å². The highest BCUT2D eigenvalue weighted by atomic mass is 32.2. The van der Waals surface area contributed by atoms with Crippen molar-refractivity contribution in [2.24, 2.45) is 0 Å². The average Bonchev–Trinajstić information content (AvgIpc) is 3.01. The van der Waals surface area contributed by atoms with Gasteiger partial charge in [0.1, 0.15) is 16.6 Å². The second kappa shape index (κ2) is 7.19. The standard InChI is InChI=1S/C17H19N5S2/c1-10(2)11-3-5-12(6-4-11)16-20-8-13(24-16)9-23-17-21-14(18)7-15(19)22-17/h3-8,10H,9H2,1-2H3,(H4,18,19,21,22). The van der Waals surface area contributed by atoms with E-state index >= 15 is 0 Å². The fourth-order valence-electron chi connectivity index (χ4n) is 2.18. The van der Waals surface area contributed by atoms with Crippen molar-refractivity contribution in [1.82, 2.24) is 15.0 Å². The molecule has 0 unspecified atom stereocenters. The van der Waals surface area contributed by atoms with Gasteiger partial charge < -0.3 is 11.5 Å². The van der Waals surface area contributed by atoms with Crippen molar-refractivity contribution in [3.63, 3.8) is 0 Å². The van der Waals surface area contributed by atoms with Crippen molar-refractivity contribution in [3.05, 3.63) is 47.0 Å². The summed E-state index contributed by atoms with van der Waals surface area (Å²) in [5.41, 5.74) is 13.9. The highest BCUT2D eigenvalue weighted by Gasteiger charge is 2.08. The number of nitrogens with two attached hydrogens (primary N) is 2. The maximum Gasteiger partial charge on any atom is 0.191 e. The molecular weight excluding hydrogens is 338 g/mol.